The normalized spacial score (nSPS) is 14.5. The molecule has 1 aliphatic heterocycles. The lowest BCUT2D eigenvalue weighted by molar-refractivity contribution is -0.137. The van der Waals surface area contributed by atoms with E-state index in [0.29, 0.717) is 34.1 Å². The molecule has 11 heteroatoms. The molecule has 0 bridgehead atoms. The zero-order valence-electron chi connectivity index (χ0n) is 17.4. The summed E-state index contributed by atoms with van der Waals surface area (Å²) in [4.78, 5) is 36.3. The summed E-state index contributed by atoms with van der Waals surface area (Å²) in [5.74, 6) is -1.03. The number of carboxylic acid groups (broad SMARTS) is 1. The number of nitrogens with one attached hydrogen (secondary N) is 1. The smallest absolute Gasteiger partial charge is 0.306 e. The van der Waals surface area contributed by atoms with E-state index in [1.165, 1.54) is 0 Å². The molecule has 3 rings (SSSR count). The fraction of sp³-hybridized carbons (Fsp3) is 0.182. The predicted octanol–water partition coefficient (Wildman–Crippen LogP) is 4.25. The Hall–Kier alpha value is -2.89. The van der Waals surface area contributed by atoms with Gasteiger partial charge >= 0.3 is 5.97 Å². The molecule has 2 aromatic carbocycles. The van der Waals surface area contributed by atoms with E-state index in [-0.39, 0.29) is 17.3 Å². The average molecular weight is 551 g/mol. The van der Waals surface area contributed by atoms with E-state index in [9.17, 15) is 14.4 Å². The summed E-state index contributed by atoms with van der Waals surface area (Å²) in [6, 6.07) is 11.8. The summed E-state index contributed by atoms with van der Waals surface area (Å²) < 4.78 is 12.1. The van der Waals surface area contributed by atoms with Gasteiger partial charge in [0.2, 0.25) is 0 Å². The van der Waals surface area contributed by atoms with Gasteiger partial charge in [-0.1, -0.05) is 33.8 Å². The van der Waals surface area contributed by atoms with Crippen molar-refractivity contribution in [3.8, 4) is 11.5 Å². The Kier molecular flexibility index (Phi) is 8.48. The molecule has 0 radical (unpaired) electrons. The number of carbonyl (C=O) groups excluding carboxylic acids is 2. The van der Waals surface area contributed by atoms with Gasteiger partial charge in [-0.2, -0.15) is 5.01 Å². The number of hydrogen-bond donors (Lipinski definition) is 2. The lowest BCUT2D eigenvalue weighted by Gasteiger charge is -2.15. The fourth-order valence-corrected chi connectivity index (χ4v) is 4.18. The number of nitrogens with zero attached hydrogens (tertiary/aromatic N) is 1. The topological polar surface area (TPSA) is 105 Å². The van der Waals surface area contributed by atoms with Crippen molar-refractivity contribution in [3.63, 3.8) is 0 Å². The Labute approximate surface area is 208 Å². The molecule has 0 aliphatic carbocycles. The first-order chi connectivity index (χ1) is 15.8. The second-order valence-corrected chi connectivity index (χ2v) is 9.19. The maximum atomic E-state index is 12.8. The third-order valence-corrected chi connectivity index (χ3v) is 6.08. The van der Waals surface area contributed by atoms with Gasteiger partial charge in [-0.15, -0.1) is 0 Å². The third-order valence-electron chi connectivity index (χ3n) is 4.25. The maximum absolute atomic E-state index is 12.8. The minimum atomic E-state index is -0.959. The summed E-state index contributed by atoms with van der Waals surface area (Å²) in [6.45, 7) is 2.20. The van der Waals surface area contributed by atoms with E-state index < -0.39 is 17.8 Å². The van der Waals surface area contributed by atoms with Crippen LogP contribution in [0, 0.1) is 0 Å². The summed E-state index contributed by atoms with van der Waals surface area (Å²) in [6.07, 6.45) is 1.50. The second-order valence-electron chi connectivity index (χ2n) is 6.60. The molecule has 1 aliphatic rings. The van der Waals surface area contributed by atoms with Crippen molar-refractivity contribution in [2.24, 2.45) is 0 Å². The first-order valence-electron chi connectivity index (χ1n) is 9.74. The highest BCUT2D eigenvalue weighted by Gasteiger charge is 2.33. The van der Waals surface area contributed by atoms with Gasteiger partial charge in [-0.25, -0.2) is 0 Å². The molecular formula is C22H19BrN2O6S2. The molecule has 1 saturated heterocycles. The molecule has 1 fully saturated rings. The van der Waals surface area contributed by atoms with Crippen LogP contribution in [0.25, 0.3) is 6.08 Å². The molecule has 2 N–H and O–H groups in total. The Morgan fingerprint density at radius 2 is 1.91 bits per heavy atom. The highest BCUT2D eigenvalue weighted by Crippen LogP contribution is 2.34. The van der Waals surface area contributed by atoms with Crippen LogP contribution < -0.4 is 14.9 Å². The molecule has 172 valence electrons. The fourth-order valence-electron chi connectivity index (χ4n) is 2.73. The molecule has 0 atom stereocenters. The van der Waals surface area contributed by atoms with E-state index in [2.05, 4.69) is 21.4 Å². The Bertz CT molecular complexity index is 1120. The van der Waals surface area contributed by atoms with Crippen molar-refractivity contribution >= 4 is 68.1 Å². The summed E-state index contributed by atoms with van der Waals surface area (Å²) in [7, 11) is 0. The molecule has 0 saturated carbocycles. The number of benzene rings is 2. The Morgan fingerprint density at radius 3 is 2.58 bits per heavy atom. The number of halogens is 1. The highest BCUT2D eigenvalue weighted by atomic mass is 79.9. The minimum absolute atomic E-state index is 0.00543. The third kappa shape index (κ3) is 6.56. The quantitative estimate of drug-likeness (QED) is 0.352. The van der Waals surface area contributed by atoms with Crippen LogP contribution in [0.1, 0.15) is 29.3 Å². The van der Waals surface area contributed by atoms with Crippen molar-refractivity contribution in [1.29, 1.82) is 0 Å². The van der Waals surface area contributed by atoms with Gasteiger partial charge in [0.1, 0.15) is 0 Å². The number of hydrogen-bond acceptors (Lipinski definition) is 7. The first kappa shape index (κ1) is 24.7. The van der Waals surface area contributed by atoms with E-state index in [0.717, 1.165) is 21.2 Å². The Morgan fingerprint density at radius 1 is 1.18 bits per heavy atom. The van der Waals surface area contributed by atoms with Crippen LogP contribution in [0.5, 0.6) is 11.5 Å². The van der Waals surface area contributed by atoms with Gasteiger partial charge < -0.3 is 14.6 Å². The van der Waals surface area contributed by atoms with E-state index in [4.69, 9.17) is 26.8 Å². The number of carboxylic acids is 1. The van der Waals surface area contributed by atoms with Gasteiger partial charge in [0.25, 0.3) is 11.8 Å². The molecule has 0 aromatic heterocycles. The van der Waals surface area contributed by atoms with Crippen LogP contribution >= 0.6 is 39.9 Å². The molecule has 33 heavy (non-hydrogen) atoms. The van der Waals surface area contributed by atoms with Gasteiger partial charge in [0.15, 0.2) is 15.8 Å². The van der Waals surface area contributed by atoms with Crippen LogP contribution in [-0.4, -0.2) is 45.4 Å². The van der Waals surface area contributed by atoms with Crippen molar-refractivity contribution in [1.82, 2.24) is 10.4 Å². The number of thiocarbonyl (C=S) groups is 1. The monoisotopic (exact) mass is 550 g/mol. The largest absolute Gasteiger partial charge is 0.490 e. The van der Waals surface area contributed by atoms with E-state index in [1.807, 2.05) is 6.92 Å². The number of ether oxygens (including phenoxy) is 2. The van der Waals surface area contributed by atoms with E-state index >= 15 is 0 Å². The average Bonchev–Trinajstić information content (AvgIpc) is 3.03. The second kappa shape index (κ2) is 11.3. The highest BCUT2D eigenvalue weighted by molar-refractivity contribution is 9.10. The maximum Gasteiger partial charge on any atom is 0.306 e. The van der Waals surface area contributed by atoms with Crippen molar-refractivity contribution in [2.75, 3.05) is 13.2 Å². The zero-order valence-corrected chi connectivity index (χ0v) is 20.6. The molecular weight excluding hydrogens is 532 g/mol. The minimum Gasteiger partial charge on any atom is -0.490 e. The molecule has 1 heterocycles. The molecule has 8 nitrogen and oxygen atoms in total. The SMILES string of the molecule is CCOc1cc(/C=C2/SC(=S)N(NC(=O)c3ccc(Br)cc3)C2=O)ccc1OCCC(=O)O. The number of hydrazine groups is 1. The first-order valence-corrected chi connectivity index (χ1v) is 11.8. The van der Waals surface area contributed by atoms with Gasteiger partial charge in [0.05, 0.1) is 24.5 Å². The van der Waals surface area contributed by atoms with Crippen LogP contribution in [0.15, 0.2) is 51.8 Å². The van der Waals surface area contributed by atoms with E-state index in [1.54, 1.807) is 48.5 Å². The lowest BCUT2D eigenvalue weighted by atomic mass is 10.2. The zero-order chi connectivity index (χ0) is 24.0. The van der Waals surface area contributed by atoms with Gasteiger partial charge in [-0.3, -0.25) is 19.8 Å². The Balaban J connectivity index is 1.74. The van der Waals surface area contributed by atoms with Crippen LogP contribution in [-0.2, 0) is 9.59 Å². The molecule has 2 aromatic rings. The molecule has 0 spiro atoms. The summed E-state index contributed by atoms with van der Waals surface area (Å²) in [5, 5.41) is 9.81. The van der Waals surface area contributed by atoms with Crippen molar-refractivity contribution in [3.05, 3.63) is 63.0 Å². The lowest BCUT2D eigenvalue weighted by Crippen LogP contribution is -2.44. The number of amides is 2. The van der Waals surface area contributed by atoms with Crippen molar-refractivity contribution < 1.29 is 29.0 Å². The number of aliphatic carboxylic acids is 1. The standard InChI is InChI=1S/C22H19BrN2O6S2/c1-2-30-17-11-13(3-8-16(17)31-10-9-19(26)27)12-18-21(29)25(22(32)33-18)24-20(28)14-4-6-15(23)7-5-14/h3-8,11-12H,2,9-10H2,1H3,(H,24,28)(H,26,27)/b18-12+. The van der Waals surface area contributed by atoms with Crippen LogP contribution in [0.3, 0.4) is 0 Å². The molecule has 0 unspecified atom stereocenters. The van der Waals surface area contributed by atoms with Gasteiger partial charge in [0, 0.05) is 10.0 Å². The number of rotatable bonds is 9. The van der Waals surface area contributed by atoms with Gasteiger partial charge in [-0.05, 0) is 67.2 Å². The van der Waals surface area contributed by atoms with Crippen LogP contribution in [0.2, 0.25) is 0 Å². The molecule has 2 amide bonds. The number of thioether (sulfide) groups is 1. The number of carbonyl (C=O) groups is 3. The summed E-state index contributed by atoms with van der Waals surface area (Å²) >= 11 is 9.65. The van der Waals surface area contributed by atoms with Crippen molar-refractivity contribution in [2.45, 2.75) is 13.3 Å². The van der Waals surface area contributed by atoms with Crippen LogP contribution in [0.4, 0.5) is 0 Å². The predicted molar refractivity (Wildman–Crippen MR) is 132 cm³/mol. The summed E-state index contributed by atoms with van der Waals surface area (Å²) in [5.41, 5.74) is 3.58.